The lowest BCUT2D eigenvalue weighted by Gasteiger charge is -2.04. The number of carbonyl (C=O) groups is 2. The van der Waals surface area contributed by atoms with Crippen LogP contribution in [0.15, 0.2) is 64.3 Å². The molecule has 6 nitrogen and oxygen atoms in total. The Bertz CT molecular complexity index is 1280. The molecule has 0 saturated carbocycles. The lowest BCUT2D eigenvalue weighted by molar-refractivity contribution is -0.115. The molecule has 1 fully saturated rings. The Hall–Kier alpha value is -3.45. The van der Waals surface area contributed by atoms with E-state index in [1.54, 1.807) is 30.7 Å². The van der Waals surface area contributed by atoms with E-state index >= 15 is 0 Å². The highest BCUT2D eigenvalue weighted by Gasteiger charge is 2.25. The molecule has 1 aliphatic heterocycles. The number of amides is 2. The van der Waals surface area contributed by atoms with E-state index in [-0.39, 0.29) is 5.24 Å². The second-order valence-electron chi connectivity index (χ2n) is 6.02. The van der Waals surface area contributed by atoms with Gasteiger partial charge in [-0.15, -0.1) is 0 Å². The van der Waals surface area contributed by atoms with Crippen LogP contribution < -0.4 is 5.32 Å². The molecule has 1 aliphatic rings. The number of rotatable bonds is 2. The van der Waals surface area contributed by atoms with Gasteiger partial charge >= 0.3 is 0 Å². The Morgan fingerprint density at radius 2 is 2.00 bits per heavy atom. The van der Waals surface area contributed by atoms with Gasteiger partial charge in [-0.1, -0.05) is 12.1 Å². The smallest absolute Gasteiger partial charge is 0.290 e. The Kier molecular flexibility index (Phi) is 3.54. The molecule has 0 unspecified atom stereocenters. The number of nitrogens with zero attached hydrogens (tertiary/aromatic N) is 2. The van der Waals surface area contributed by atoms with Gasteiger partial charge in [-0.25, -0.2) is 0 Å². The molecule has 0 spiro atoms. The number of carbonyl (C=O) groups excluding carboxylic acids is 2. The van der Waals surface area contributed by atoms with Crippen LogP contribution in [0.3, 0.4) is 0 Å². The molecule has 7 heteroatoms. The number of aromatic nitrogens is 2. The van der Waals surface area contributed by atoms with Crippen molar-refractivity contribution < 1.29 is 14.0 Å². The first-order chi connectivity index (χ1) is 13.2. The Morgan fingerprint density at radius 3 is 2.85 bits per heavy atom. The number of hydrogen-bond donors (Lipinski definition) is 1. The van der Waals surface area contributed by atoms with Crippen molar-refractivity contribution in [3.05, 3.63) is 65.7 Å². The molecular weight excluding hydrogens is 362 g/mol. The minimum atomic E-state index is -0.411. The molecule has 5 rings (SSSR count). The van der Waals surface area contributed by atoms with E-state index in [4.69, 9.17) is 4.42 Å². The summed E-state index contributed by atoms with van der Waals surface area (Å²) in [6.07, 6.45) is 6.79. The molecule has 1 N–H and O–H groups in total. The molecule has 2 amide bonds. The third kappa shape index (κ3) is 2.78. The summed E-state index contributed by atoms with van der Waals surface area (Å²) in [7, 11) is 0. The van der Waals surface area contributed by atoms with Crippen molar-refractivity contribution >= 4 is 50.9 Å². The van der Waals surface area contributed by atoms with Crippen LogP contribution in [0.1, 0.15) is 5.76 Å². The molecular formula is C20H11N3O3S. The Labute approximate surface area is 157 Å². The normalized spacial score (nSPS) is 15.8. The van der Waals surface area contributed by atoms with E-state index in [0.717, 1.165) is 39.2 Å². The summed E-state index contributed by atoms with van der Waals surface area (Å²) in [6, 6.07) is 11.7. The van der Waals surface area contributed by atoms with Crippen LogP contribution in [-0.4, -0.2) is 21.1 Å². The SMILES string of the molecule is O=C1NC(=O)/C(=C/c2cc3cncc(-c4ccc5ncccc5c4)c3o2)S1. The van der Waals surface area contributed by atoms with Crippen molar-refractivity contribution in [3.8, 4) is 11.1 Å². The predicted octanol–water partition coefficient (Wildman–Crippen LogP) is 4.37. The van der Waals surface area contributed by atoms with Gasteiger partial charge in [0.2, 0.25) is 0 Å². The highest BCUT2D eigenvalue weighted by atomic mass is 32.2. The summed E-state index contributed by atoms with van der Waals surface area (Å²) in [6.45, 7) is 0. The van der Waals surface area contributed by atoms with Crippen molar-refractivity contribution in [2.45, 2.75) is 0 Å². The molecule has 1 saturated heterocycles. The van der Waals surface area contributed by atoms with Gasteiger partial charge in [-0.2, -0.15) is 0 Å². The van der Waals surface area contributed by atoms with Crippen molar-refractivity contribution in [3.63, 3.8) is 0 Å². The molecule has 1 aromatic carbocycles. The van der Waals surface area contributed by atoms with E-state index in [1.807, 2.05) is 30.3 Å². The zero-order valence-electron chi connectivity index (χ0n) is 13.8. The standard InChI is InChI=1S/C20H11N3O3S/c24-19-17(27-20(25)23-19)8-14-7-13-9-21-10-15(18(13)26-14)11-3-4-16-12(6-11)2-1-5-22-16/h1-10H,(H,23,24,25)/b17-8-. The molecule has 0 aliphatic carbocycles. The van der Waals surface area contributed by atoms with Crippen molar-refractivity contribution in [2.24, 2.45) is 0 Å². The summed E-state index contributed by atoms with van der Waals surface area (Å²) < 4.78 is 5.97. The largest absolute Gasteiger partial charge is 0.456 e. The quantitative estimate of drug-likeness (QED) is 0.525. The molecule has 0 radical (unpaired) electrons. The average molecular weight is 373 g/mol. The molecule has 0 bridgehead atoms. The van der Waals surface area contributed by atoms with E-state index in [2.05, 4.69) is 15.3 Å². The van der Waals surface area contributed by atoms with Gasteiger partial charge in [0.1, 0.15) is 11.3 Å². The number of pyridine rings is 2. The second kappa shape index (κ2) is 6.07. The van der Waals surface area contributed by atoms with Crippen LogP contribution in [0.5, 0.6) is 0 Å². The van der Waals surface area contributed by atoms with Gasteiger partial charge in [-0.05, 0) is 41.6 Å². The fraction of sp³-hybridized carbons (Fsp3) is 0. The van der Waals surface area contributed by atoms with E-state index in [1.165, 1.54) is 0 Å². The number of fused-ring (bicyclic) bond motifs is 2. The van der Waals surface area contributed by atoms with Crippen LogP contribution in [0, 0.1) is 0 Å². The number of imide groups is 1. The van der Waals surface area contributed by atoms with Gasteiger partial charge < -0.3 is 4.42 Å². The van der Waals surface area contributed by atoms with Crippen LogP contribution in [0.25, 0.3) is 39.1 Å². The van der Waals surface area contributed by atoms with Gasteiger partial charge in [0.15, 0.2) is 0 Å². The minimum absolute atomic E-state index is 0.311. The summed E-state index contributed by atoms with van der Waals surface area (Å²) in [5.41, 5.74) is 3.41. The molecule has 130 valence electrons. The predicted molar refractivity (Wildman–Crippen MR) is 104 cm³/mol. The fourth-order valence-corrected chi connectivity index (χ4v) is 3.71. The van der Waals surface area contributed by atoms with Gasteiger partial charge in [0.05, 0.1) is 10.4 Å². The number of hydrogen-bond acceptors (Lipinski definition) is 6. The first-order valence-corrected chi connectivity index (χ1v) is 8.96. The second-order valence-corrected chi connectivity index (χ2v) is 7.03. The van der Waals surface area contributed by atoms with Crippen LogP contribution in [0.4, 0.5) is 4.79 Å². The summed E-state index contributed by atoms with van der Waals surface area (Å²) >= 11 is 0.859. The molecule has 4 heterocycles. The molecule has 3 aromatic heterocycles. The number of thioether (sulfide) groups is 1. The monoisotopic (exact) mass is 373 g/mol. The Morgan fingerprint density at radius 1 is 1.07 bits per heavy atom. The highest BCUT2D eigenvalue weighted by molar-refractivity contribution is 8.18. The summed E-state index contributed by atoms with van der Waals surface area (Å²) in [4.78, 5) is 32.0. The van der Waals surface area contributed by atoms with Crippen LogP contribution in [-0.2, 0) is 4.79 Å². The van der Waals surface area contributed by atoms with Gasteiger partial charge in [-0.3, -0.25) is 24.9 Å². The molecule has 4 aromatic rings. The zero-order valence-corrected chi connectivity index (χ0v) is 14.6. The summed E-state index contributed by atoms with van der Waals surface area (Å²) in [5, 5.41) is 3.70. The third-order valence-electron chi connectivity index (χ3n) is 4.27. The van der Waals surface area contributed by atoms with Crippen LogP contribution in [0.2, 0.25) is 0 Å². The topological polar surface area (TPSA) is 85.1 Å². The Balaban J connectivity index is 1.63. The first kappa shape index (κ1) is 15.8. The van der Waals surface area contributed by atoms with E-state index in [0.29, 0.717) is 16.2 Å². The van der Waals surface area contributed by atoms with Crippen molar-refractivity contribution in [1.82, 2.24) is 15.3 Å². The molecule has 27 heavy (non-hydrogen) atoms. The lowest BCUT2D eigenvalue weighted by Crippen LogP contribution is -2.17. The van der Waals surface area contributed by atoms with Gasteiger partial charge in [0, 0.05) is 41.0 Å². The molecule has 0 atom stereocenters. The lowest BCUT2D eigenvalue weighted by atomic mass is 10.0. The fourth-order valence-electron chi connectivity index (χ4n) is 3.05. The maximum atomic E-state index is 11.7. The average Bonchev–Trinajstić information content (AvgIpc) is 3.23. The minimum Gasteiger partial charge on any atom is -0.456 e. The first-order valence-electron chi connectivity index (χ1n) is 8.15. The maximum absolute atomic E-state index is 11.7. The van der Waals surface area contributed by atoms with Crippen molar-refractivity contribution in [1.29, 1.82) is 0 Å². The maximum Gasteiger partial charge on any atom is 0.290 e. The van der Waals surface area contributed by atoms with Gasteiger partial charge in [0.25, 0.3) is 11.1 Å². The summed E-state index contributed by atoms with van der Waals surface area (Å²) in [5.74, 6) is 0.0832. The number of benzene rings is 1. The number of nitrogens with one attached hydrogen (secondary N) is 1. The van der Waals surface area contributed by atoms with Crippen LogP contribution >= 0.6 is 11.8 Å². The van der Waals surface area contributed by atoms with E-state index in [9.17, 15) is 9.59 Å². The zero-order chi connectivity index (χ0) is 18.4. The highest BCUT2D eigenvalue weighted by Crippen LogP contribution is 2.33. The third-order valence-corrected chi connectivity index (χ3v) is 5.08. The van der Waals surface area contributed by atoms with Crippen molar-refractivity contribution in [2.75, 3.05) is 0 Å². The number of furan rings is 1. The van der Waals surface area contributed by atoms with E-state index < -0.39 is 5.91 Å².